The van der Waals surface area contributed by atoms with E-state index in [0.717, 1.165) is 0 Å². The molecule has 0 saturated heterocycles. The largest absolute Gasteiger partial charge is 0.369 e. The van der Waals surface area contributed by atoms with Gasteiger partial charge in [-0.2, -0.15) is 0 Å². The Bertz CT molecular complexity index is 273. The van der Waals surface area contributed by atoms with Crippen LogP contribution in [0.5, 0.6) is 0 Å². The van der Waals surface area contributed by atoms with Gasteiger partial charge < -0.3 is 5.32 Å². The van der Waals surface area contributed by atoms with Crippen molar-refractivity contribution in [3.8, 4) is 0 Å². The van der Waals surface area contributed by atoms with E-state index in [2.05, 4.69) is 35.3 Å². The number of nitrogens with zero attached hydrogens (tertiary/aromatic N) is 2. The van der Waals surface area contributed by atoms with Gasteiger partial charge in [-0.1, -0.05) is 13.8 Å². The zero-order valence-electron chi connectivity index (χ0n) is 7.94. The van der Waals surface area contributed by atoms with Crippen LogP contribution in [0.2, 0.25) is 0 Å². The normalized spacial score (nSPS) is 29.3. The van der Waals surface area contributed by atoms with Crippen molar-refractivity contribution in [3.63, 3.8) is 0 Å². The summed E-state index contributed by atoms with van der Waals surface area (Å²) in [7, 11) is 0. The molecule has 0 saturated carbocycles. The van der Waals surface area contributed by atoms with Gasteiger partial charge in [0, 0.05) is 33.5 Å². The summed E-state index contributed by atoms with van der Waals surface area (Å²) < 4.78 is 0. The summed E-state index contributed by atoms with van der Waals surface area (Å²) in [6, 6.07) is 0. The summed E-state index contributed by atoms with van der Waals surface area (Å²) in [5.74, 6) is 0.960. The molecule has 2 unspecified atom stereocenters. The van der Waals surface area contributed by atoms with E-state index in [1.807, 2.05) is 6.21 Å². The Morgan fingerprint density at radius 1 is 1.54 bits per heavy atom. The van der Waals surface area contributed by atoms with Crippen molar-refractivity contribution >= 4 is 38.4 Å². The van der Waals surface area contributed by atoms with Gasteiger partial charge in [-0.15, -0.1) is 0 Å². The topological polar surface area (TPSA) is 36.8 Å². The van der Waals surface area contributed by atoms with Crippen LogP contribution in [0.4, 0.5) is 0 Å². The molecule has 3 nitrogen and oxygen atoms in total. The molecule has 2 heterocycles. The SMILES string of the molecule is CC(C)C1=CNC2N=CN=CC12.[HH].[In]. The predicted octanol–water partition coefficient (Wildman–Crippen LogP) is 1.05. The molecule has 69 valence electrons. The molecule has 0 aliphatic carbocycles. The van der Waals surface area contributed by atoms with Crippen LogP contribution in [-0.4, -0.2) is 44.6 Å². The van der Waals surface area contributed by atoms with E-state index in [4.69, 9.17) is 0 Å². The van der Waals surface area contributed by atoms with Crippen molar-refractivity contribution in [2.75, 3.05) is 0 Å². The number of aliphatic imine (C=N–C) groups is 2. The molecule has 0 aromatic heterocycles. The standard InChI is InChI=1S/C9H13N3.In.H2/c1-6(2)7-4-11-9-8(7)3-10-5-12-9;;/h3-6,8-9,11H,1-2H3;;1H. The van der Waals surface area contributed by atoms with Gasteiger partial charge in [-0.3, -0.25) is 0 Å². The van der Waals surface area contributed by atoms with E-state index in [1.165, 1.54) is 5.57 Å². The predicted molar refractivity (Wildman–Crippen MR) is 58.2 cm³/mol. The number of fused-ring (bicyclic) bond motifs is 1. The van der Waals surface area contributed by atoms with E-state index in [0.29, 0.717) is 11.8 Å². The van der Waals surface area contributed by atoms with Gasteiger partial charge in [0.1, 0.15) is 12.5 Å². The van der Waals surface area contributed by atoms with Crippen LogP contribution >= 0.6 is 0 Å². The number of nitrogens with one attached hydrogen (secondary N) is 1. The van der Waals surface area contributed by atoms with Crippen LogP contribution in [0, 0.1) is 11.8 Å². The first-order valence-corrected chi connectivity index (χ1v) is 4.30. The molecule has 1 N–H and O–H groups in total. The molecule has 2 aliphatic rings. The van der Waals surface area contributed by atoms with Crippen LogP contribution in [0.25, 0.3) is 0 Å². The van der Waals surface area contributed by atoms with Gasteiger partial charge in [0.25, 0.3) is 0 Å². The third-order valence-corrected chi connectivity index (χ3v) is 2.35. The Morgan fingerprint density at radius 2 is 2.31 bits per heavy atom. The number of rotatable bonds is 1. The average Bonchev–Trinajstić information content (AvgIpc) is 2.47. The van der Waals surface area contributed by atoms with Crippen LogP contribution in [-0.2, 0) is 0 Å². The average molecular weight is 280 g/mol. The third kappa shape index (κ3) is 1.98. The van der Waals surface area contributed by atoms with Gasteiger partial charge in [-0.05, 0) is 17.7 Å². The van der Waals surface area contributed by atoms with E-state index < -0.39 is 0 Å². The molecule has 0 amide bonds. The Morgan fingerprint density at radius 3 is 3.00 bits per heavy atom. The third-order valence-electron chi connectivity index (χ3n) is 2.35. The first-order chi connectivity index (χ1) is 5.79. The van der Waals surface area contributed by atoms with Crippen LogP contribution in [0.1, 0.15) is 15.3 Å². The molecule has 13 heavy (non-hydrogen) atoms. The van der Waals surface area contributed by atoms with Crippen molar-refractivity contribution in [3.05, 3.63) is 11.8 Å². The van der Waals surface area contributed by atoms with E-state index in [9.17, 15) is 0 Å². The monoisotopic (exact) mass is 280 g/mol. The first kappa shape index (κ1) is 10.8. The van der Waals surface area contributed by atoms with Gasteiger partial charge in [0.2, 0.25) is 0 Å². The van der Waals surface area contributed by atoms with E-state index in [1.54, 1.807) is 6.34 Å². The zero-order valence-corrected chi connectivity index (χ0v) is 11.2. The molecule has 3 radical (unpaired) electrons. The summed E-state index contributed by atoms with van der Waals surface area (Å²) in [6.45, 7) is 4.39. The molecule has 0 fully saturated rings. The fraction of sp³-hybridized carbons (Fsp3) is 0.556. The summed E-state index contributed by atoms with van der Waals surface area (Å²) in [4.78, 5) is 8.29. The minimum absolute atomic E-state index is 0. The molecule has 2 rings (SSSR count). The minimum atomic E-state index is 0. The second-order valence-corrected chi connectivity index (χ2v) is 3.50. The molecule has 4 heteroatoms. The van der Waals surface area contributed by atoms with Crippen LogP contribution in [0.15, 0.2) is 21.8 Å². The molecule has 2 atom stereocenters. The Kier molecular flexibility index (Phi) is 3.59. The van der Waals surface area contributed by atoms with E-state index in [-0.39, 0.29) is 33.4 Å². The molecule has 0 spiro atoms. The maximum atomic E-state index is 4.24. The summed E-state index contributed by atoms with van der Waals surface area (Å²) in [6.07, 6.45) is 5.88. The molecular weight excluding hydrogens is 265 g/mol. The molecule has 0 aromatic rings. The van der Waals surface area contributed by atoms with Gasteiger partial charge >= 0.3 is 0 Å². The maximum Gasteiger partial charge on any atom is 0.131 e. The molecule has 0 aromatic carbocycles. The fourth-order valence-corrected chi connectivity index (χ4v) is 1.66. The summed E-state index contributed by atoms with van der Waals surface area (Å²) >= 11 is 0. The Balaban J connectivity index is 0.000000845. The quantitative estimate of drug-likeness (QED) is 0.766. The molecule has 0 bridgehead atoms. The van der Waals surface area contributed by atoms with Crippen molar-refractivity contribution < 1.29 is 1.43 Å². The fourth-order valence-electron chi connectivity index (χ4n) is 1.66. The summed E-state index contributed by atoms with van der Waals surface area (Å²) in [5, 5.41) is 3.24. The minimum Gasteiger partial charge on any atom is -0.369 e. The van der Waals surface area contributed by atoms with Crippen LogP contribution < -0.4 is 5.32 Å². The van der Waals surface area contributed by atoms with Gasteiger partial charge in [-0.25, -0.2) is 9.98 Å². The maximum absolute atomic E-state index is 4.24. The first-order valence-electron chi connectivity index (χ1n) is 4.30. The number of hydrogen-bond donors (Lipinski definition) is 1. The molecule has 2 aliphatic heterocycles. The van der Waals surface area contributed by atoms with Crippen molar-refractivity contribution in [2.24, 2.45) is 21.8 Å². The smallest absolute Gasteiger partial charge is 0.131 e. The Hall–Kier alpha value is -0.250. The van der Waals surface area contributed by atoms with Gasteiger partial charge in [0.05, 0.1) is 5.92 Å². The molecular formula is C9H15InN3. The second-order valence-electron chi connectivity index (χ2n) is 3.50. The van der Waals surface area contributed by atoms with Crippen LogP contribution in [0.3, 0.4) is 0 Å². The Labute approximate surface area is 98.7 Å². The van der Waals surface area contributed by atoms with Crippen molar-refractivity contribution in [1.82, 2.24) is 5.32 Å². The second kappa shape index (κ2) is 4.31. The number of hydrogen-bond acceptors (Lipinski definition) is 3. The van der Waals surface area contributed by atoms with Crippen molar-refractivity contribution in [1.29, 1.82) is 0 Å². The van der Waals surface area contributed by atoms with Gasteiger partial charge in [0.15, 0.2) is 0 Å². The summed E-state index contributed by atoms with van der Waals surface area (Å²) in [5.41, 5.74) is 1.40. The van der Waals surface area contributed by atoms with Crippen molar-refractivity contribution in [2.45, 2.75) is 20.0 Å². The van der Waals surface area contributed by atoms with E-state index >= 15 is 0 Å². The zero-order chi connectivity index (χ0) is 8.55.